The minimum atomic E-state index is -4.41. The van der Waals surface area contributed by atoms with Crippen molar-refractivity contribution in [3.8, 4) is 11.1 Å². The summed E-state index contributed by atoms with van der Waals surface area (Å²) in [6, 6.07) is 20.9. The van der Waals surface area contributed by atoms with Gasteiger partial charge >= 0.3 is 12.3 Å². The Morgan fingerprint density at radius 1 is 0.875 bits per heavy atom. The topological polar surface area (TPSA) is 55.8 Å². The first-order chi connectivity index (χ1) is 19.3. The fourth-order valence-electron chi connectivity index (χ4n) is 6.52. The standard InChI is InChI=1S/C32H30F3NO4/c33-32(34,35)22-7-5-6-20(14-22)12-13-30(37)21-15-23-17-39-18-24(16-21)36(23)31(38)40-19-29-27-10-3-1-8-25(27)26-9-2-4-11-28(26)29/h1-11,14,21,23-24,29H,12-13,15-19H2. The van der Waals surface area contributed by atoms with Gasteiger partial charge in [0.05, 0.1) is 30.9 Å². The van der Waals surface area contributed by atoms with Crippen molar-refractivity contribution in [3.05, 3.63) is 95.1 Å². The van der Waals surface area contributed by atoms with Crippen molar-refractivity contribution in [2.24, 2.45) is 5.92 Å². The third kappa shape index (κ3) is 5.12. The van der Waals surface area contributed by atoms with E-state index in [1.807, 2.05) is 24.3 Å². The van der Waals surface area contributed by atoms with Crippen molar-refractivity contribution in [2.75, 3.05) is 19.8 Å². The van der Waals surface area contributed by atoms with Crippen LogP contribution in [0.4, 0.5) is 18.0 Å². The van der Waals surface area contributed by atoms with Crippen LogP contribution < -0.4 is 0 Å². The van der Waals surface area contributed by atoms with E-state index in [1.54, 1.807) is 11.0 Å². The third-order valence-corrected chi connectivity index (χ3v) is 8.44. The number of ketones is 1. The van der Waals surface area contributed by atoms with E-state index in [9.17, 15) is 22.8 Å². The molecule has 2 fully saturated rings. The van der Waals surface area contributed by atoms with Gasteiger partial charge in [0.25, 0.3) is 0 Å². The molecule has 2 unspecified atom stereocenters. The maximum absolute atomic E-state index is 13.4. The van der Waals surface area contributed by atoms with Crippen molar-refractivity contribution in [3.63, 3.8) is 0 Å². The maximum Gasteiger partial charge on any atom is 0.416 e. The fourth-order valence-corrected chi connectivity index (χ4v) is 6.52. The van der Waals surface area contributed by atoms with Gasteiger partial charge in [-0.05, 0) is 53.1 Å². The van der Waals surface area contributed by atoms with Gasteiger partial charge in [-0.2, -0.15) is 13.2 Å². The lowest BCUT2D eigenvalue weighted by atomic mass is 9.81. The Hall–Kier alpha value is -3.65. The molecule has 0 saturated carbocycles. The highest BCUT2D eigenvalue weighted by molar-refractivity contribution is 5.82. The number of nitrogens with zero attached hydrogens (tertiary/aromatic N) is 1. The van der Waals surface area contributed by atoms with E-state index in [0.29, 0.717) is 31.6 Å². The summed E-state index contributed by atoms with van der Waals surface area (Å²) in [5.74, 6) is -0.286. The van der Waals surface area contributed by atoms with Gasteiger partial charge in [-0.15, -0.1) is 0 Å². The third-order valence-electron chi connectivity index (χ3n) is 8.44. The van der Waals surface area contributed by atoms with Crippen LogP contribution in [-0.2, 0) is 26.9 Å². The summed E-state index contributed by atoms with van der Waals surface area (Å²) in [5, 5.41) is 0. The Labute approximate surface area is 230 Å². The largest absolute Gasteiger partial charge is 0.448 e. The second-order valence-corrected chi connectivity index (χ2v) is 10.9. The number of carbonyl (C=O) groups excluding carboxylic acids is 2. The molecule has 2 bridgehead atoms. The van der Waals surface area contributed by atoms with Crippen LogP contribution in [0, 0.1) is 5.92 Å². The molecule has 2 heterocycles. The van der Waals surface area contributed by atoms with Crippen LogP contribution in [0.5, 0.6) is 0 Å². The van der Waals surface area contributed by atoms with Crippen molar-refractivity contribution in [1.82, 2.24) is 4.90 Å². The number of rotatable bonds is 6. The lowest BCUT2D eigenvalue weighted by Gasteiger charge is -2.47. The summed E-state index contributed by atoms with van der Waals surface area (Å²) in [7, 11) is 0. The van der Waals surface area contributed by atoms with Gasteiger partial charge in [0.2, 0.25) is 0 Å². The predicted octanol–water partition coefficient (Wildman–Crippen LogP) is 6.64. The molecule has 6 rings (SSSR count). The van der Waals surface area contributed by atoms with E-state index in [2.05, 4.69) is 24.3 Å². The summed E-state index contributed by atoms with van der Waals surface area (Å²) in [4.78, 5) is 28.2. The first-order valence-corrected chi connectivity index (χ1v) is 13.7. The number of ether oxygens (including phenoxy) is 2. The Kier molecular flexibility index (Phi) is 7.13. The number of alkyl halides is 3. The maximum atomic E-state index is 13.4. The molecule has 3 aromatic rings. The molecule has 0 spiro atoms. The number of Topliss-reactive ketones (excluding diaryl/α,β-unsaturated/α-hetero) is 1. The number of morpholine rings is 1. The summed E-state index contributed by atoms with van der Waals surface area (Å²) in [6.45, 7) is 0.888. The summed E-state index contributed by atoms with van der Waals surface area (Å²) in [5.41, 5.74) is 4.39. The highest BCUT2D eigenvalue weighted by Gasteiger charge is 2.44. The quantitative estimate of drug-likeness (QED) is 0.346. The number of fused-ring (bicyclic) bond motifs is 5. The molecule has 208 valence electrons. The van der Waals surface area contributed by atoms with Crippen LogP contribution in [-0.4, -0.2) is 48.7 Å². The molecular formula is C32H30F3NO4. The van der Waals surface area contributed by atoms with Crippen molar-refractivity contribution >= 4 is 11.9 Å². The van der Waals surface area contributed by atoms with Crippen molar-refractivity contribution < 1.29 is 32.2 Å². The Morgan fingerprint density at radius 3 is 2.12 bits per heavy atom. The number of hydrogen-bond acceptors (Lipinski definition) is 4. The molecular weight excluding hydrogens is 519 g/mol. The summed E-state index contributed by atoms with van der Waals surface area (Å²) >= 11 is 0. The van der Waals surface area contributed by atoms with Gasteiger partial charge in [0.15, 0.2) is 0 Å². The van der Waals surface area contributed by atoms with E-state index in [4.69, 9.17) is 9.47 Å². The Bertz CT molecular complexity index is 1360. The minimum Gasteiger partial charge on any atom is -0.448 e. The zero-order chi connectivity index (χ0) is 27.9. The smallest absolute Gasteiger partial charge is 0.416 e. The van der Waals surface area contributed by atoms with Gasteiger partial charge in [-0.25, -0.2) is 4.79 Å². The second-order valence-electron chi connectivity index (χ2n) is 10.9. The van der Waals surface area contributed by atoms with Crippen LogP contribution in [0.3, 0.4) is 0 Å². The monoisotopic (exact) mass is 549 g/mol. The van der Waals surface area contributed by atoms with Crippen LogP contribution in [0.2, 0.25) is 0 Å². The second kappa shape index (κ2) is 10.7. The zero-order valence-corrected chi connectivity index (χ0v) is 21.9. The molecule has 40 heavy (non-hydrogen) atoms. The molecule has 2 atom stereocenters. The zero-order valence-electron chi connectivity index (χ0n) is 21.9. The highest BCUT2D eigenvalue weighted by atomic mass is 19.4. The highest BCUT2D eigenvalue weighted by Crippen LogP contribution is 2.45. The molecule has 0 N–H and O–H groups in total. The predicted molar refractivity (Wildman–Crippen MR) is 143 cm³/mol. The fraction of sp³-hybridized carbons (Fsp3) is 0.375. The molecule has 8 heteroatoms. The Morgan fingerprint density at radius 2 is 1.50 bits per heavy atom. The number of piperidine rings is 1. The van der Waals surface area contributed by atoms with E-state index in [0.717, 1.165) is 34.4 Å². The summed E-state index contributed by atoms with van der Waals surface area (Å²) < 4.78 is 50.8. The van der Waals surface area contributed by atoms with Gasteiger partial charge in [0.1, 0.15) is 12.4 Å². The van der Waals surface area contributed by atoms with Gasteiger partial charge in [0, 0.05) is 18.3 Å². The van der Waals surface area contributed by atoms with Crippen LogP contribution >= 0.6 is 0 Å². The molecule has 1 amide bonds. The van der Waals surface area contributed by atoms with Gasteiger partial charge in [-0.3, -0.25) is 9.69 Å². The first kappa shape index (κ1) is 26.6. The molecule has 5 nitrogen and oxygen atoms in total. The number of halogens is 3. The molecule has 0 aromatic heterocycles. The molecule has 2 saturated heterocycles. The van der Waals surface area contributed by atoms with Crippen molar-refractivity contribution in [2.45, 2.75) is 49.9 Å². The Balaban J connectivity index is 1.08. The molecule has 3 aliphatic rings. The van der Waals surface area contributed by atoms with E-state index in [1.165, 1.54) is 6.07 Å². The van der Waals surface area contributed by atoms with Crippen LogP contribution in [0.15, 0.2) is 72.8 Å². The normalized spacial score (nSPS) is 22.0. The minimum absolute atomic E-state index is 0.0153. The van der Waals surface area contributed by atoms with Crippen LogP contribution in [0.25, 0.3) is 11.1 Å². The molecule has 2 aliphatic heterocycles. The van der Waals surface area contributed by atoms with Gasteiger partial charge in [-0.1, -0.05) is 66.7 Å². The number of amides is 1. The van der Waals surface area contributed by atoms with Gasteiger partial charge < -0.3 is 9.47 Å². The lowest BCUT2D eigenvalue weighted by Crippen LogP contribution is -2.60. The molecule has 0 radical (unpaired) electrons. The number of carbonyl (C=O) groups is 2. The number of aryl methyl sites for hydroxylation is 1. The molecule has 3 aromatic carbocycles. The SMILES string of the molecule is O=C(CCc1cccc(C(F)(F)F)c1)C1CC2COCC(C1)N2C(=O)OCC1c2ccccc2-c2ccccc21. The average molecular weight is 550 g/mol. The lowest BCUT2D eigenvalue weighted by molar-refractivity contribution is -0.137. The average Bonchev–Trinajstić information content (AvgIpc) is 3.27. The summed E-state index contributed by atoms with van der Waals surface area (Å²) in [6.07, 6.45) is -3.47. The van der Waals surface area contributed by atoms with Crippen molar-refractivity contribution in [1.29, 1.82) is 0 Å². The van der Waals surface area contributed by atoms with E-state index < -0.39 is 17.8 Å². The first-order valence-electron chi connectivity index (χ1n) is 13.7. The molecule has 1 aliphatic carbocycles. The number of hydrogen-bond donors (Lipinski definition) is 0. The number of benzene rings is 3. The van der Waals surface area contributed by atoms with E-state index >= 15 is 0 Å². The van der Waals surface area contributed by atoms with Crippen LogP contribution in [0.1, 0.15) is 47.4 Å². The van der Waals surface area contributed by atoms with E-state index in [-0.39, 0.29) is 49.2 Å².